The molecule has 0 bridgehead atoms. The largest absolute Gasteiger partial charge is 0.322 e. The lowest BCUT2D eigenvalue weighted by Gasteiger charge is -2.26. The number of urea groups is 1. The molecule has 1 atom stereocenters. The highest BCUT2D eigenvalue weighted by Gasteiger charge is 2.47. The lowest BCUT2D eigenvalue weighted by atomic mass is 9.92. The third kappa shape index (κ3) is 2.64. The molecule has 0 radical (unpaired) electrons. The number of carbonyl (C=O) groups is 2. The molecule has 0 aliphatic carbocycles. The van der Waals surface area contributed by atoms with Gasteiger partial charge in [-0.2, -0.15) is 0 Å². The fourth-order valence-electron chi connectivity index (χ4n) is 2.31. The molecule has 0 saturated carbocycles. The molecule has 3 rings (SSSR count). The van der Waals surface area contributed by atoms with E-state index < -0.39 is 11.6 Å². The summed E-state index contributed by atoms with van der Waals surface area (Å²) in [4.78, 5) is 25.0. The van der Waals surface area contributed by atoms with Crippen LogP contribution >= 0.6 is 11.8 Å². The number of hydrogen-bond acceptors (Lipinski definition) is 3. The van der Waals surface area contributed by atoms with Crippen molar-refractivity contribution in [1.29, 1.82) is 0 Å². The number of carbonyl (C=O) groups excluding carboxylic acids is 2. The Bertz CT molecular complexity index is 660. The summed E-state index contributed by atoms with van der Waals surface area (Å²) in [5.41, 5.74) is -0.226. The molecule has 1 unspecified atom stereocenters. The van der Waals surface area contributed by atoms with E-state index in [0.717, 1.165) is 10.5 Å². The van der Waals surface area contributed by atoms with Crippen LogP contribution < -0.4 is 10.6 Å². The highest BCUT2D eigenvalue weighted by molar-refractivity contribution is 7.99. The van der Waals surface area contributed by atoms with Crippen LogP contribution in [0, 0.1) is 0 Å². The summed E-state index contributed by atoms with van der Waals surface area (Å²) >= 11 is 1.54. The molecule has 2 aromatic carbocycles. The van der Waals surface area contributed by atoms with Gasteiger partial charge in [0.15, 0.2) is 5.54 Å². The first-order valence-electron chi connectivity index (χ1n) is 6.58. The van der Waals surface area contributed by atoms with Gasteiger partial charge in [-0.25, -0.2) is 4.79 Å². The molecule has 1 aliphatic rings. The van der Waals surface area contributed by atoms with Crippen molar-refractivity contribution in [2.24, 2.45) is 0 Å². The van der Waals surface area contributed by atoms with Gasteiger partial charge in [0.1, 0.15) is 0 Å². The molecule has 21 heavy (non-hydrogen) atoms. The average molecular weight is 298 g/mol. The predicted molar refractivity (Wildman–Crippen MR) is 82.0 cm³/mol. The van der Waals surface area contributed by atoms with Crippen LogP contribution in [0.3, 0.4) is 0 Å². The molecule has 1 fully saturated rings. The second-order valence-electron chi connectivity index (χ2n) is 4.78. The van der Waals surface area contributed by atoms with Crippen molar-refractivity contribution >= 4 is 23.7 Å². The van der Waals surface area contributed by atoms with Crippen molar-refractivity contribution in [3.63, 3.8) is 0 Å². The minimum Gasteiger partial charge on any atom is -0.319 e. The molecular weight excluding hydrogens is 284 g/mol. The SMILES string of the molecule is O=C1NC(=O)C(CSc2ccccc2)(c2ccccc2)N1. The van der Waals surface area contributed by atoms with Crippen molar-refractivity contribution in [3.8, 4) is 0 Å². The van der Waals surface area contributed by atoms with E-state index in [0.29, 0.717) is 5.75 Å². The van der Waals surface area contributed by atoms with Crippen molar-refractivity contribution in [1.82, 2.24) is 10.6 Å². The molecule has 1 heterocycles. The van der Waals surface area contributed by atoms with Gasteiger partial charge in [0.05, 0.1) is 0 Å². The number of thioether (sulfide) groups is 1. The van der Waals surface area contributed by atoms with Crippen molar-refractivity contribution in [2.75, 3.05) is 5.75 Å². The Morgan fingerprint density at radius 1 is 0.905 bits per heavy atom. The van der Waals surface area contributed by atoms with Crippen LogP contribution in [0.25, 0.3) is 0 Å². The van der Waals surface area contributed by atoms with Crippen LogP contribution in [0.2, 0.25) is 0 Å². The highest BCUT2D eigenvalue weighted by Crippen LogP contribution is 2.32. The Balaban J connectivity index is 1.91. The first kappa shape index (κ1) is 13.7. The fourth-order valence-corrected chi connectivity index (χ4v) is 3.41. The average Bonchev–Trinajstić information content (AvgIpc) is 2.82. The van der Waals surface area contributed by atoms with Gasteiger partial charge in [-0.05, 0) is 17.7 Å². The molecule has 1 aliphatic heterocycles. The standard InChI is InChI=1S/C16H14N2O2S/c19-14-16(18-15(20)17-14,12-7-3-1-4-8-12)11-21-13-9-5-2-6-10-13/h1-10H,11H2,(H2,17,18,19,20). The third-order valence-corrected chi connectivity index (χ3v) is 4.59. The van der Waals surface area contributed by atoms with Crippen LogP contribution in [0.4, 0.5) is 4.79 Å². The van der Waals surface area contributed by atoms with Crippen LogP contribution in [-0.4, -0.2) is 17.7 Å². The Morgan fingerprint density at radius 3 is 2.10 bits per heavy atom. The predicted octanol–water partition coefficient (Wildman–Crippen LogP) is 2.51. The van der Waals surface area contributed by atoms with Crippen LogP contribution in [0.5, 0.6) is 0 Å². The zero-order valence-corrected chi connectivity index (χ0v) is 12.0. The van der Waals surface area contributed by atoms with Gasteiger partial charge in [-0.3, -0.25) is 10.1 Å². The summed E-state index contributed by atoms with van der Waals surface area (Å²) in [6.45, 7) is 0. The maximum absolute atomic E-state index is 12.3. The summed E-state index contributed by atoms with van der Waals surface area (Å²) in [5, 5.41) is 5.12. The molecule has 1 saturated heterocycles. The van der Waals surface area contributed by atoms with Crippen molar-refractivity contribution < 1.29 is 9.59 Å². The Morgan fingerprint density at radius 2 is 1.52 bits per heavy atom. The molecule has 106 valence electrons. The Labute approximate surface area is 126 Å². The van der Waals surface area contributed by atoms with E-state index in [1.807, 2.05) is 60.7 Å². The number of benzene rings is 2. The first-order chi connectivity index (χ1) is 10.2. The van der Waals surface area contributed by atoms with Crippen LogP contribution in [-0.2, 0) is 10.3 Å². The van der Waals surface area contributed by atoms with E-state index in [2.05, 4.69) is 10.6 Å². The van der Waals surface area contributed by atoms with E-state index in [1.165, 1.54) is 0 Å². The van der Waals surface area contributed by atoms with E-state index in [1.54, 1.807) is 11.8 Å². The fraction of sp³-hybridized carbons (Fsp3) is 0.125. The zero-order valence-electron chi connectivity index (χ0n) is 11.2. The second-order valence-corrected chi connectivity index (χ2v) is 5.83. The Kier molecular flexibility index (Phi) is 3.66. The minimum atomic E-state index is -1.02. The third-order valence-electron chi connectivity index (χ3n) is 3.41. The van der Waals surface area contributed by atoms with Crippen LogP contribution in [0.15, 0.2) is 65.6 Å². The number of imide groups is 1. The molecule has 0 aromatic heterocycles. The normalized spacial score (nSPS) is 21.0. The topological polar surface area (TPSA) is 58.2 Å². The van der Waals surface area contributed by atoms with Gasteiger partial charge < -0.3 is 5.32 Å². The Hall–Kier alpha value is -2.27. The summed E-state index contributed by atoms with van der Waals surface area (Å²) in [5.74, 6) is 0.139. The van der Waals surface area contributed by atoms with Crippen LogP contribution in [0.1, 0.15) is 5.56 Å². The van der Waals surface area contributed by atoms with Crippen molar-refractivity contribution in [3.05, 3.63) is 66.2 Å². The summed E-state index contributed by atoms with van der Waals surface area (Å²) in [6, 6.07) is 18.7. The van der Waals surface area contributed by atoms with E-state index in [4.69, 9.17) is 0 Å². The van der Waals surface area contributed by atoms with E-state index >= 15 is 0 Å². The van der Waals surface area contributed by atoms with Gasteiger partial charge in [-0.15, -0.1) is 11.8 Å². The summed E-state index contributed by atoms with van der Waals surface area (Å²) in [6.07, 6.45) is 0. The zero-order chi connectivity index (χ0) is 14.7. The van der Waals surface area contributed by atoms with Gasteiger partial charge in [0, 0.05) is 10.6 Å². The molecule has 5 heteroatoms. The maximum atomic E-state index is 12.3. The lowest BCUT2D eigenvalue weighted by Crippen LogP contribution is -2.46. The highest BCUT2D eigenvalue weighted by atomic mass is 32.2. The first-order valence-corrected chi connectivity index (χ1v) is 7.56. The van der Waals surface area contributed by atoms with Gasteiger partial charge in [-0.1, -0.05) is 48.5 Å². The molecule has 2 aromatic rings. The number of rotatable bonds is 4. The number of nitrogens with one attached hydrogen (secondary N) is 2. The summed E-state index contributed by atoms with van der Waals surface area (Å²) in [7, 11) is 0. The van der Waals surface area contributed by atoms with E-state index in [9.17, 15) is 9.59 Å². The van der Waals surface area contributed by atoms with Crippen molar-refractivity contribution in [2.45, 2.75) is 10.4 Å². The minimum absolute atomic E-state index is 0.304. The molecule has 4 nitrogen and oxygen atoms in total. The van der Waals surface area contributed by atoms with Gasteiger partial charge in [0.25, 0.3) is 5.91 Å². The lowest BCUT2D eigenvalue weighted by molar-refractivity contribution is -0.123. The van der Waals surface area contributed by atoms with Gasteiger partial charge in [0.2, 0.25) is 0 Å². The molecule has 0 spiro atoms. The molecule has 2 N–H and O–H groups in total. The quantitative estimate of drug-likeness (QED) is 0.673. The number of hydrogen-bond donors (Lipinski definition) is 2. The molecular formula is C16H14N2O2S. The van der Waals surface area contributed by atoms with E-state index in [-0.39, 0.29) is 5.91 Å². The van der Waals surface area contributed by atoms with Gasteiger partial charge >= 0.3 is 6.03 Å². The monoisotopic (exact) mass is 298 g/mol. The number of amides is 3. The second kappa shape index (κ2) is 5.61. The molecule has 3 amide bonds. The maximum Gasteiger partial charge on any atom is 0.322 e. The smallest absolute Gasteiger partial charge is 0.319 e. The summed E-state index contributed by atoms with van der Waals surface area (Å²) < 4.78 is 0.